The summed E-state index contributed by atoms with van der Waals surface area (Å²) >= 11 is 7.70. The monoisotopic (exact) mass is 308 g/mol. The van der Waals surface area contributed by atoms with Crippen LogP contribution in [0.1, 0.15) is 55.8 Å². The summed E-state index contributed by atoms with van der Waals surface area (Å²) in [7, 11) is 0. The fourth-order valence-electron chi connectivity index (χ4n) is 2.34. The molecule has 2 atom stereocenters. The number of nitrogens with zero attached hydrogens (tertiary/aromatic N) is 1. The van der Waals surface area contributed by atoms with E-state index in [1.54, 1.807) is 11.3 Å². The van der Waals surface area contributed by atoms with Crippen molar-refractivity contribution in [1.29, 1.82) is 0 Å². The Hall–Kier alpha value is -0.900. The third-order valence-corrected chi connectivity index (χ3v) is 4.55. The van der Waals surface area contributed by atoms with Gasteiger partial charge in [0.1, 0.15) is 5.01 Å². The highest BCUT2D eigenvalue weighted by molar-refractivity contribution is 7.09. The number of nitrogens with one attached hydrogen (secondary N) is 1. The second-order valence-corrected chi connectivity index (χ2v) is 6.25. The summed E-state index contributed by atoms with van der Waals surface area (Å²) in [5, 5.41) is 7.74. The molecule has 0 aliphatic heterocycles. The minimum Gasteiger partial charge on any atom is -0.301 e. The first-order valence-corrected chi connectivity index (χ1v) is 8.41. The first-order chi connectivity index (χ1) is 9.74. The molecule has 1 aromatic carbocycles. The topological polar surface area (TPSA) is 24.9 Å². The van der Waals surface area contributed by atoms with Crippen molar-refractivity contribution in [3.63, 3.8) is 0 Å². The molecule has 0 aliphatic carbocycles. The molecule has 2 nitrogen and oxygen atoms in total. The van der Waals surface area contributed by atoms with Gasteiger partial charge in [0.25, 0.3) is 0 Å². The van der Waals surface area contributed by atoms with Gasteiger partial charge >= 0.3 is 0 Å². The number of hydrogen-bond acceptors (Lipinski definition) is 3. The Morgan fingerprint density at radius 1 is 1.20 bits per heavy atom. The lowest BCUT2D eigenvalue weighted by Crippen LogP contribution is -2.26. The second-order valence-electron chi connectivity index (χ2n) is 4.89. The lowest BCUT2D eigenvalue weighted by Gasteiger charge is -2.24. The Bertz CT molecular complexity index is 496. The molecule has 2 aromatic rings. The van der Waals surface area contributed by atoms with Crippen LogP contribution in [0.15, 0.2) is 35.8 Å². The maximum atomic E-state index is 5.98. The van der Waals surface area contributed by atoms with Crippen molar-refractivity contribution in [3.05, 3.63) is 51.4 Å². The van der Waals surface area contributed by atoms with Gasteiger partial charge in [0.05, 0.1) is 6.04 Å². The Morgan fingerprint density at radius 2 is 1.95 bits per heavy atom. The molecule has 2 rings (SSSR count). The van der Waals surface area contributed by atoms with Crippen molar-refractivity contribution < 1.29 is 0 Å². The van der Waals surface area contributed by atoms with E-state index in [2.05, 4.69) is 36.3 Å². The second kappa shape index (κ2) is 7.77. The summed E-state index contributed by atoms with van der Waals surface area (Å²) in [5.41, 5.74) is 1.30. The van der Waals surface area contributed by atoms with E-state index in [0.29, 0.717) is 12.1 Å². The molecule has 0 amide bonds. The van der Waals surface area contributed by atoms with Crippen molar-refractivity contribution in [3.8, 4) is 0 Å². The summed E-state index contributed by atoms with van der Waals surface area (Å²) in [6.07, 6.45) is 5.18. The molecule has 1 aromatic heterocycles. The predicted octanol–water partition coefficient (Wildman–Crippen LogP) is 5.38. The standard InChI is InChI=1S/C16H21ClN2S/c1-3-5-15(12-6-8-13(17)9-7-12)19-14(4-2)16-18-10-11-20-16/h6-11,14-15,19H,3-5H2,1-2H3. The molecule has 0 spiro atoms. The normalized spacial score (nSPS) is 14.2. The minimum absolute atomic E-state index is 0.322. The Balaban J connectivity index is 2.14. The highest BCUT2D eigenvalue weighted by Gasteiger charge is 2.18. The maximum Gasteiger partial charge on any atom is 0.109 e. The fraction of sp³-hybridized carbons (Fsp3) is 0.438. The van der Waals surface area contributed by atoms with Gasteiger partial charge in [-0.3, -0.25) is 0 Å². The van der Waals surface area contributed by atoms with Crippen molar-refractivity contribution in [1.82, 2.24) is 10.3 Å². The molecule has 4 heteroatoms. The van der Waals surface area contributed by atoms with Gasteiger partial charge in [-0.1, -0.05) is 44.0 Å². The van der Waals surface area contributed by atoms with Crippen molar-refractivity contribution in [2.75, 3.05) is 0 Å². The average Bonchev–Trinajstić information content (AvgIpc) is 2.98. The molecule has 0 radical (unpaired) electrons. The van der Waals surface area contributed by atoms with Gasteiger partial charge in [0.15, 0.2) is 0 Å². The third-order valence-electron chi connectivity index (χ3n) is 3.41. The average molecular weight is 309 g/mol. The van der Waals surface area contributed by atoms with Crippen LogP contribution in [0.4, 0.5) is 0 Å². The van der Waals surface area contributed by atoms with E-state index in [4.69, 9.17) is 11.6 Å². The van der Waals surface area contributed by atoms with E-state index in [1.807, 2.05) is 23.7 Å². The van der Waals surface area contributed by atoms with E-state index in [0.717, 1.165) is 24.3 Å². The number of hydrogen-bond donors (Lipinski definition) is 1. The van der Waals surface area contributed by atoms with Crippen LogP contribution in [0.2, 0.25) is 5.02 Å². The molecule has 2 unspecified atom stereocenters. The molecule has 0 saturated carbocycles. The lowest BCUT2D eigenvalue weighted by atomic mass is 10.0. The van der Waals surface area contributed by atoms with E-state index in [-0.39, 0.29) is 0 Å². The van der Waals surface area contributed by atoms with E-state index in [1.165, 1.54) is 10.6 Å². The van der Waals surface area contributed by atoms with Crippen LogP contribution in [0.5, 0.6) is 0 Å². The Kier molecular flexibility index (Phi) is 6.02. The van der Waals surface area contributed by atoms with E-state index in [9.17, 15) is 0 Å². The zero-order valence-electron chi connectivity index (χ0n) is 12.0. The molecule has 20 heavy (non-hydrogen) atoms. The minimum atomic E-state index is 0.322. The summed E-state index contributed by atoms with van der Waals surface area (Å²) in [5.74, 6) is 0. The summed E-state index contributed by atoms with van der Waals surface area (Å²) in [6, 6.07) is 8.83. The third kappa shape index (κ3) is 4.05. The van der Waals surface area contributed by atoms with Gasteiger partial charge < -0.3 is 5.32 Å². The fourth-order valence-corrected chi connectivity index (χ4v) is 3.25. The van der Waals surface area contributed by atoms with Crippen LogP contribution < -0.4 is 5.32 Å². The highest BCUT2D eigenvalue weighted by Crippen LogP contribution is 2.27. The van der Waals surface area contributed by atoms with Gasteiger partial charge in [0.2, 0.25) is 0 Å². The van der Waals surface area contributed by atoms with Crippen molar-refractivity contribution in [2.24, 2.45) is 0 Å². The molecular weight excluding hydrogens is 288 g/mol. The van der Waals surface area contributed by atoms with Crippen molar-refractivity contribution in [2.45, 2.75) is 45.2 Å². The van der Waals surface area contributed by atoms with Gasteiger partial charge in [0, 0.05) is 22.6 Å². The van der Waals surface area contributed by atoms with Crippen LogP contribution >= 0.6 is 22.9 Å². The number of thiazole rings is 1. The first-order valence-electron chi connectivity index (χ1n) is 7.15. The quantitative estimate of drug-likeness (QED) is 0.743. The predicted molar refractivity (Wildman–Crippen MR) is 87.4 cm³/mol. The SMILES string of the molecule is CCCC(NC(CC)c1nccs1)c1ccc(Cl)cc1. The van der Waals surface area contributed by atoms with Crippen LogP contribution in [-0.2, 0) is 0 Å². The Labute approximate surface area is 130 Å². The first kappa shape index (κ1) is 15.5. The molecular formula is C16H21ClN2S. The van der Waals surface area contributed by atoms with Gasteiger partial charge in [-0.05, 0) is 30.5 Å². The zero-order chi connectivity index (χ0) is 14.4. The zero-order valence-corrected chi connectivity index (χ0v) is 13.5. The molecule has 1 heterocycles. The number of rotatable bonds is 7. The molecule has 0 bridgehead atoms. The van der Waals surface area contributed by atoms with Crippen LogP contribution in [0, 0.1) is 0 Å². The molecule has 0 aliphatic rings. The van der Waals surface area contributed by atoms with Crippen LogP contribution in [0.25, 0.3) is 0 Å². The number of benzene rings is 1. The summed E-state index contributed by atoms with van der Waals surface area (Å²) in [4.78, 5) is 4.44. The maximum absolute atomic E-state index is 5.98. The van der Waals surface area contributed by atoms with Crippen LogP contribution in [0.3, 0.4) is 0 Å². The number of aromatic nitrogens is 1. The van der Waals surface area contributed by atoms with Gasteiger partial charge in [-0.25, -0.2) is 4.98 Å². The molecule has 0 saturated heterocycles. The van der Waals surface area contributed by atoms with E-state index >= 15 is 0 Å². The van der Waals surface area contributed by atoms with Gasteiger partial charge in [-0.2, -0.15) is 0 Å². The van der Waals surface area contributed by atoms with E-state index < -0.39 is 0 Å². The largest absolute Gasteiger partial charge is 0.301 e. The van der Waals surface area contributed by atoms with Gasteiger partial charge in [-0.15, -0.1) is 11.3 Å². The summed E-state index contributed by atoms with van der Waals surface area (Å²) in [6.45, 7) is 4.42. The smallest absolute Gasteiger partial charge is 0.109 e. The Morgan fingerprint density at radius 3 is 2.50 bits per heavy atom. The highest BCUT2D eigenvalue weighted by atomic mass is 35.5. The lowest BCUT2D eigenvalue weighted by molar-refractivity contribution is 0.412. The molecule has 1 N–H and O–H groups in total. The summed E-state index contributed by atoms with van der Waals surface area (Å²) < 4.78 is 0. The molecule has 0 fully saturated rings. The molecule has 108 valence electrons. The van der Waals surface area contributed by atoms with Crippen molar-refractivity contribution >= 4 is 22.9 Å². The number of halogens is 1. The van der Waals surface area contributed by atoms with Crippen LogP contribution in [-0.4, -0.2) is 4.98 Å².